The van der Waals surface area contributed by atoms with Crippen LogP contribution in [0.1, 0.15) is 59.8 Å². The summed E-state index contributed by atoms with van der Waals surface area (Å²) in [7, 11) is 1.35. The Morgan fingerprint density at radius 2 is 1.80 bits per heavy atom. The van der Waals surface area contributed by atoms with Crippen molar-refractivity contribution in [1.29, 1.82) is 0 Å². The van der Waals surface area contributed by atoms with Crippen molar-refractivity contribution in [3.8, 4) is 0 Å². The number of fused-ring (bicyclic) bond motifs is 5. The third-order valence-corrected chi connectivity index (χ3v) is 9.32. The van der Waals surface area contributed by atoms with Crippen LogP contribution >= 0.6 is 0 Å². The minimum Gasteiger partial charge on any atom is -0.469 e. The Hall–Kier alpha value is -2.77. The third-order valence-electron chi connectivity index (χ3n) is 9.32. The zero-order valence-electron chi connectivity index (χ0n) is 21.1. The first-order valence-electron chi connectivity index (χ1n) is 12.3. The molecular weight excluding hydrogens is 452 g/mol. The van der Waals surface area contributed by atoms with Crippen LogP contribution in [0.2, 0.25) is 0 Å². The first kappa shape index (κ1) is 25.3. The van der Waals surface area contributed by atoms with Gasteiger partial charge in [0.15, 0.2) is 18.0 Å². The Bertz CT molecular complexity index is 1040. The van der Waals surface area contributed by atoms with Crippen LogP contribution in [-0.2, 0) is 38.2 Å². The average molecular weight is 487 g/mol. The molecule has 3 saturated carbocycles. The summed E-state index contributed by atoms with van der Waals surface area (Å²) >= 11 is 0. The Kier molecular flexibility index (Phi) is 6.31. The molecule has 0 bridgehead atoms. The molecule has 0 aliphatic heterocycles. The van der Waals surface area contributed by atoms with Gasteiger partial charge in [-0.25, -0.2) is 0 Å². The van der Waals surface area contributed by atoms with Gasteiger partial charge in [0.05, 0.1) is 13.0 Å². The number of Topliss-reactive ketones (excluding diaryl/α,β-unsaturated/α-hetero) is 1. The monoisotopic (exact) mass is 486 g/mol. The number of esters is 3. The molecule has 8 heteroatoms. The van der Waals surface area contributed by atoms with Crippen LogP contribution in [0.25, 0.3) is 0 Å². The van der Waals surface area contributed by atoms with Crippen molar-refractivity contribution in [3.05, 3.63) is 23.8 Å². The maximum absolute atomic E-state index is 13.6. The fraction of sp³-hybridized carbons (Fsp3) is 0.667. The lowest BCUT2D eigenvalue weighted by Gasteiger charge is -2.60. The maximum Gasteiger partial charge on any atom is 0.309 e. The van der Waals surface area contributed by atoms with E-state index in [1.54, 1.807) is 12.2 Å². The second-order valence-corrected chi connectivity index (χ2v) is 10.9. The van der Waals surface area contributed by atoms with Crippen LogP contribution in [0.4, 0.5) is 0 Å². The molecule has 0 saturated heterocycles. The zero-order valence-corrected chi connectivity index (χ0v) is 21.1. The summed E-state index contributed by atoms with van der Waals surface area (Å²) in [6, 6.07) is 0. The highest BCUT2D eigenvalue weighted by Gasteiger charge is 2.71. The van der Waals surface area contributed by atoms with Crippen LogP contribution in [0.5, 0.6) is 0 Å². The van der Waals surface area contributed by atoms with E-state index in [0.29, 0.717) is 12.8 Å². The maximum atomic E-state index is 13.6. The van der Waals surface area contributed by atoms with E-state index in [2.05, 4.69) is 6.92 Å². The Morgan fingerprint density at radius 1 is 1.09 bits per heavy atom. The molecule has 0 radical (unpaired) electrons. The van der Waals surface area contributed by atoms with Gasteiger partial charge in [-0.2, -0.15) is 0 Å². The van der Waals surface area contributed by atoms with E-state index >= 15 is 0 Å². The molecular formula is C27H34O8. The van der Waals surface area contributed by atoms with E-state index in [1.807, 2.05) is 13.0 Å². The van der Waals surface area contributed by atoms with Gasteiger partial charge in [-0.05, 0) is 62.0 Å². The van der Waals surface area contributed by atoms with E-state index in [0.717, 1.165) is 18.4 Å². The lowest BCUT2D eigenvalue weighted by molar-refractivity contribution is -0.197. The number of carbonyl (C=O) groups is 5. The van der Waals surface area contributed by atoms with Crippen LogP contribution in [0.15, 0.2) is 23.8 Å². The van der Waals surface area contributed by atoms with Crippen molar-refractivity contribution in [1.82, 2.24) is 0 Å². The predicted octanol–water partition coefficient (Wildman–Crippen LogP) is 3.13. The number of allylic oxidation sites excluding steroid dienone is 4. The summed E-state index contributed by atoms with van der Waals surface area (Å²) in [6.07, 6.45) is 7.91. The smallest absolute Gasteiger partial charge is 0.309 e. The molecule has 35 heavy (non-hydrogen) atoms. The number of methoxy groups -OCH3 is 1. The van der Waals surface area contributed by atoms with E-state index in [9.17, 15) is 24.0 Å². The van der Waals surface area contributed by atoms with Crippen LogP contribution in [0, 0.1) is 34.5 Å². The minimum atomic E-state index is -1.49. The molecule has 3 fully saturated rings. The zero-order chi connectivity index (χ0) is 25.8. The van der Waals surface area contributed by atoms with Gasteiger partial charge in [0.1, 0.15) is 0 Å². The highest BCUT2D eigenvalue weighted by atomic mass is 16.6. The number of hydrogen-bond donors (Lipinski definition) is 0. The predicted molar refractivity (Wildman–Crippen MR) is 124 cm³/mol. The first-order chi connectivity index (χ1) is 16.4. The number of rotatable bonds is 5. The lowest BCUT2D eigenvalue weighted by Crippen LogP contribution is -2.62. The summed E-state index contributed by atoms with van der Waals surface area (Å²) in [5.74, 6) is -2.68. The van der Waals surface area contributed by atoms with Gasteiger partial charge in [0.2, 0.25) is 5.78 Å². The molecule has 0 amide bonds. The van der Waals surface area contributed by atoms with Crippen molar-refractivity contribution < 1.29 is 38.2 Å². The number of ether oxygens (including phenoxy) is 3. The van der Waals surface area contributed by atoms with E-state index < -0.39 is 46.7 Å². The van der Waals surface area contributed by atoms with Gasteiger partial charge in [0, 0.05) is 24.7 Å². The van der Waals surface area contributed by atoms with Gasteiger partial charge in [0.25, 0.3) is 0 Å². The average Bonchev–Trinajstić information content (AvgIpc) is 3.09. The molecule has 0 aromatic rings. The summed E-state index contributed by atoms with van der Waals surface area (Å²) in [5.41, 5.74) is -1.79. The molecule has 0 spiro atoms. The molecule has 8 nitrogen and oxygen atoms in total. The molecule has 0 N–H and O–H groups in total. The second-order valence-electron chi connectivity index (χ2n) is 10.9. The molecule has 0 heterocycles. The molecule has 0 aromatic heterocycles. The van der Waals surface area contributed by atoms with Gasteiger partial charge < -0.3 is 14.2 Å². The van der Waals surface area contributed by atoms with Gasteiger partial charge >= 0.3 is 17.9 Å². The fourth-order valence-corrected chi connectivity index (χ4v) is 7.96. The van der Waals surface area contributed by atoms with Crippen LogP contribution < -0.4 is 0 Å². The number of hydrogen-bond acceptors (Lipinski definition) is 8. The quantitative estimate of drug-likeness (QED) is 0.430. The lowest BCUT2D eigenvalue weighted by atomic mass is 9.44. The largest absolute Gasteiger partial charge is 0.469 e. The third kappa shape index (κ3) is 3.76. The minimum absolute atomic E-state index is 0.00145. The van der Waals surface area contributed by atoms with Crippen molar-refractivity contribution >= 4 is 29.5 Å². The van der Waals surface area contributed by atoms with E-state index in [1.165, 1.54) is 21.0 Å². The van der Waals surface area contributed by atoms with E-state index in [4.69, 9.17) is 14.2 Å². The highest BCUT2D eigenvalue weighted by molar-refractivity contribution is 6.01. The summed E-state index contributed by atoms with van der Waals surface area (Å²) < 4.78 is 16.1. The van der Waals surface area contributed by atoms with Crippen molar-refractivity contribution in [2.24, 2.45) is 34.5 Å². The summed E-state index contributed by atoms with van der Waals surface area (Å²) in [4.78, 5) is 62.6. The summed E-state index contributed by atoms with van der Waals surface area (Å²) in [6.45, 7) is 6.01. The summed E-state index contributed by atoms with van der Waals surface area (Å²) in [5, 5.41) is 0. The normalized spacial score (nSPS) is 39.5. The van der Waals surface area contributed by atoms with Crippen LogP contribution in [-0.4, -0.2) is 48.8 Å². The SMILES string of the molecule is COC(=O)[C@@H]1C[C@@]2(C)[C@H](CC[C@]2(OC(C)=O)C(=O)COC(C)=O)[C@@H]2CCC3=CC(=O)C=C[C@]3(C)[C@@H]21. The second kappa shape index (κ2) is 8.71. The van der Waals surface area contributed by atoms with Gasteiger partial charge in [-0.3, -0.25) is 24.0 Å². The molecule has 4 rings (SSSR count). The molecule has 4 aliphatic rings. The van der Waals surface area contributed by atoms with E-state index in [-0.39, 0.29) is 35.9 Å². The van der Waals surface area contributed by atoms with Crippen molar-refractivity contribution in [3.63, 3.8) is 0 Å². The first-order valence-corrected chi connectivity index (χ1v) is 12.3. The molecule has 190 valence electrons. The van der Waals surface area contributed by atoms with Crippen molar-refractivity contribution in [2.45, 2.75) is 65.4 Å². The Morgan fingerprint density at radius 3 is 2.43 bits per heavy atom. The van der Waals surface area contributed by atoms with Crippen LogP contribution in [0.3, 0.4) is 0 Å². The molecule has 0 aromatic carbocycles. The fourth-order valence-electron chi connectivity index (χ4n) is 7.96. The number of carbonyl (C=O) groups excluding carboxylic acids is 5. The van der Waals surface area contributed by atoms with Crippen molar-refractivity contribution in [2.75, 3.05) is 13.7 Å². The van der Waals surface area contributed by atoms with Gasteiger partial charge in [-0.15, -0.1) is 0 Å². The molecule has 4 aliphatic carbocycles. The number of ketones is 2. The molecule has 0 unspecified atom stereocenters. The highest BCUT2D eigenvalue weighted by Crippen LogP contribution is 2.69. The van der Waals surface area contributed by atoms with Gasteiger partial charge in [-0.1, -0.05) is 25.5 Å². The Balaban J connectivity index is 1.81. The topological polar surface area (TPSA) is 113 Å². The standard InChI is InChI=1S/C27H34O8/c1-15(28)34-14-22(31)27(35-16(2)29)11-9-21-19-7-6-17-12-18(30)8-10-25(17,3)23(19)20(24(32)33-5)13-26(21,27)4/h8,10,12,19-21,23H,6-7,9,11,13-14H2,1-5H3/t19-,20+,21+,23-,25-,26-,27-/m0/s1. The Labute approximate surface area is 205 Å². The molecule has 7 atom stereocenters.